The van der Waals surface area contributed by atoms with Gasteiger partial charge >= 0.3 is 0 Å². The second kappa shape index (κ2) is 5.78. The average molecular weight is 141 g/mol. The Hall–Kier alpha value is 0.0249. The summed E-state index contributed by atoms with van der Waals surface area (Å²) in [6.45, 7) is 12.1. The predicted octanol–water partition coefficient (Wildman–Crippen LogP) is 1.99. The lowest BCUT2D eigenvalue weighted by molar-refractivity contribution is 0.651. The number of hydrogen-bond donors (Lipinski definition) is 1. The Kier molecular flexibility index (Phi) is 5.80. The van der Waals surface area contributed by atoms with Crippen molar-refractivity contribution in [2.24, 2.45) is 5.92 Å². The maximum absolute atomic E-state index is 3.27. The van der Waals surface area contributed by atoms with Gasteiger partial charge in [0.1, 0.15) is 6.71 Å². The summed E-state index contributed by atoms with van der Waals surface area (Å²) in [5, 5.41) is 3.27. The molecule has 1 rings (SSSR count). The van der Waals surface area contributed by atoms with E-state index in [1.165, 1.54) is 19.5 Å². The van der Waals surface area contributed by atoms with Crippen molar-refractivity contribution in [2.45, 2.75) is 33.8 Å². The van der Waals surface area contributed by atoms with Gasteiger partial charge in [-0.05, 0) is 25.4 Å². The summed E-state index contributed by atoms with van der Waals surface area (Å²) in [5.74, 6) is 0.935. The molecule has 0 bridgehead atoms. The summed E-state index contributed by atoms with van der Waals surface area (Å²) >= 11 is 0. The zero-order valence-electron chi connectivity index (χ0n) is 7.78. The Labute approximate surface area is 65.7 Å². The van der Waals surface area contributed by atoms with Crippen molar-refractivity contribution in [1.82, 2.24) is 5.32 Å². The van der Waals surface area contributed by atoms with Crippen molar-refractivity contribution in [3.05, 3.63) is 0 Å². The van der Waals surface area contributed by atoms with Crippen molar-refractivity contribution >= 4 is 6.71 Å². The van der Waals surface area contributed by atoms with Gasteiger partial charge in [0.15, 0.2) is 0 Å². The fourth-order valence-electron chi connectivity index (χ4n) is 0.799. The van der Waals surface area contributed by atoms with Gasteiger partial charge in [0.25, 0.3) is 0 Å². The molecule has 1 aliphatic heterocycles. The third-order valence-corrected chi connectivity index (χ3v) is 1.31. The normalized spacial score (nSPS) is 23.4. The van der Waals surface area contributed by atoms with E-state index in [0.717, 1.165) is 12.6 Å². The van der Waals surface area contributed by atoms with Crippen LogP contribution < -0.4 is 5.32 Å². The molecule has 0 aromatic carbocycles. The Balaban J connectivity index is 0.000000180. The van der Waals surface area contributed by atoms with Crippen LogP contribution in [0.15, 0.2) is 0 Å². The zero-order valence-corrected chi connectivity index (χ0v) is 7.78. The van der Waals surface area contributed by atoms with E-state index in [4.69, 9.17) is 0 Å². The van der Waals surface area contributed by atoms with Crippen LogP contribution in [0.2, 0.25) is 20.5 Å². The van der Waals surface area contributed by atoms with Gasteiger partial charge in [-0.15, -0.1) is 0 Å². The van der Waals surface area contributed by atoms with E-state index in [0.29, 0.717) is 0 Å². The van der Waals surface area contributed by atoms with E-state index in [1.807, 2.05) is 0 Å². The monoisotopic (exact) mass is 141 g/mol. The highest BCUT2D eigenvalue weighted by atomic mass is 14.9. The summed E-state index contributed by atoms with van der Waals surface area (Å²) in [7, 11) is 0. The van der Waals surface area contributed by atoms with Crippen LogP contribution in [0, 0.1) is 5.92 Å². The average Bonchev–Trinajstić information content (AvgIpc) is 2.15. The first-order valence-electron chi connectivity index (χ1n) is 4.33. The highest BCUT2D eigenvalue weighted by Gasteiger charge is 2.06. The molecule has 1 nitrogen and oxygen atoms in total. The standard InChI is InChI=1S/C5H11N.C3H9B/c1-5-2-3-6-4-5;1-4(2)3/h5-6H,2-4H2,1H3;1-3H3. The van der Waals surface area contributed by atoms with Crippen molar-refractivity contribution in [3.8, 4) is 0 Å². The smallest absolute Gasteiger partial charge is 0.130 e. The largest absolute Gasteiger partial charge is 0.316 e. The Bertz CT molecular complexity index is 64.9. The Morgan fingerprint density at radius 3 is 1.90 bits per heavy atom. The lowest BCUT2D eigenvalue weighted by Gasteiger charge is -1.90. The van der Waals surface area contributed by atoms with Gasteiger partial charge in [-0.3, -0.25) is 0 Å². The highest BCUT2D eigenvalue weighted by Crippen LogP contribution is 2.03. The molecule has 0 aliphatic carbocycles. The first kappa shape index (κ1) is 10.0. The first-order chi connectivity index (χ1) is 4.63. The summed E-state index contributed by atoms with van der Waals surface area (Å²) < 4.78 is 0. The van der Waals surface area contributed by atoms with E-state index < -0.39 is 0 Å². The second-order valence-corrected chi connectivity index (χ2v) is 3.83. The van der Waals surface area contributed by atoms with Crippen LogP contribution in [0.3, 0.4) is 0 Å². The molecule has 1 unspecified atom stereocenters. The molecule has 1 N–H and O–H groups in total. The molecule has 10 heavy (non-hydrogen) atoms. The van der Waals surface area contributed by atoms with Gasteiger partial charge in [0, 0.05) is 0 Å². The van der Waals surface area contributed by atoms with E-state index in [1.54, 1.807) is 0 Å². The SMILES string of the molecule is CB(C)C.CC1CCNC1. The molecule has 1 heterocycles. The van der Waals surface area contributed by atoms with E-state index >= 15 is 0 Å². The number of nitrogens with one attached hydrogen (secondary N) is 1. The van der Waals surface area contributed by atoms with Crippen molar-refractivity contribution < 1.29 is 0 Å². The lowest BCUT2D eigenvalue weighted by Crippen LogP contribution is -2.06. The predicted molar refractivity (Wildman–Crippen MR) is 50.0 cm³/mol. The number of hydrogen-bond acceptors (Lipinski definition) is 1. The number of rotatable bonds is 0. The molecular weight excluding hydrogens is 121 g/mol. The summed E-state index contributed by atoms with van der Waals surface area (Å²) in [4.78, 5) is 0. The quantitative estimate of drug-likeness (QED) is 0.508. The van der Waals surface area contributed by atoms with Gasteiger partial charge in [-0.1, -0.05) is 27.4 Å². The topological polar surface area (TPSA) is 12.0 Å². The Morgan fingerprint density at radius 1 is 1.30 bits per heavy atom. The van der Waals surface area contributed by atoms with Crippen LogP contribution in [-0.4, -0.2) is 19.8 Å². The molecule has 2 heteroatoms. The van der Waals surface area contributed by atoms with Crippen molar-refractivity contribution in [1.29, 1.82) is 0 Å². The summed E-state index contributed by atoms with van der Waals surface area (Å²) in [6, 6.07) is 0. The summed E-state index contributed by atoms with van der Waals surface area (Å²) in [5.41, 5.74) is 0. The first-order valence-corrected chi connectivity index (χ1v) is 4.33. The maximum atomic E-state index is 3.27. The highest BCUT2D eigenvalue weighted by molar-refractivity contribution is 6.54. The maximum Gasteiger partial charge on any atom is 0.130 e. The van der Waals surface area contributed by atoms with E-state index in [-0.39, 0.29) is 0 Å². The van der Waals surface area contributed by atoms with Gasteiger partial charge < -0.3 is 5.32 Å². The molecule has 0 amide bonds. The fraction of sp³-hybridized carbons (Fsp3) is 1.00. The minimum atomic E-state index is 0.833. The minimum absolute atomic E-state index is 0.833. The third-order valence-electron chi connectivity index (χ3n) is 1.31. The molecule has 0 saturated carbocycles. The molecule has 0 aromatic heterocycles. The molecule has 0 aromatic rings. The van der Waals surface area contributed by atoms with Crippen LogP contribution in [0.4, 0.5) is 0 Å². The second-order valence-electron chi connectivity index (χ2n) is 3.83. The van der Waals surface area contributed by atoms with Crippen molar-refractivity contribution in [2.75, 3.05) is 13.1 Å². The van der Waals surface area contributed by atoms with Gasteiger partial charge in [-0.2, -0.15) is 0 Å². The van der Waals surface area contributed by atoms with Crippen molar-refractivity contribution in [3.63, 3.8) is 0 Å². The lowest BCUT2D eigenvalue weighted by atomic mass is 9.58. The molecule has 1 saturated heterocycles. The zero-order chi connectivity index (χ0) is 7.98. The molecular formula is C8H20BN. The van der Waals surface area contributed by atoms with Gasteiger partial charge in [0.2, 0.25) is 0 Å². The van der Waals surface area contributed by atoms with Crippen LogP contribution in [0.25, 0.3) is 0 Å². The molecule has 1 atom stereocenters. The molecule has 0 radical (unpaired) electrons. The van der Waals surface area contributed by atoms with Crippen LogP contribution >= 0.6 is 0 Å². The van der Waals surface area contributed by atoms with Gasteiger partial charge in [0.05, 0.1) is 0 Å². The summed E-state index contributed by atoms with van der Waals surface area (Å²) in [6.07, 6.45) is 1.38. The van der Waals surface area contributed by atoms with Gasteiger partial charge in [-0.25, -0.2) is 0 Å². The fourth-order valence-corrected chi connectivity index (χ4v) is 0.799. The van der Waals surface area contributed by atoms with Crippen LogP contribution in [-0.2, 0) is 0 Å². The molecule has 0 spiro atoms. The molecule has 1 aliphatic rings. The van der Waals surface area contributed by atoms with E-state index in [2.05, 4.69) is 32.7 Å². The molecule has 60 valence electrons. The van der Waals surface area contributed by atoms with Crippen LogP contribution in [0.1, 0.15) is 13.3 Å². The molecule has 1 fully saturated rings. The minimum Gasteiger partial charge on any atom is -0.316 e. The Morgan fingerprint density at radius 2 is 1.80 bits per heavy atom. The third kappa shape index (κ3) is 8.02. The van der Waals surface area contributed by atoms with Crippen LogP contribution in [0.5, 0.6) is 0 Å². The van der Waals surface area contributed by atoms with E-state index in [9.17, 15) is 0 Å².